The van der Waals surface area contributed by atoms with Crippen molar-refractivity contribution >= 4 is 0 Å². The van der Waals surface area contributed by atoms with Gasteiger partial charge < -0.3 is 5.32 Å². The summed E-state index contributed by atoms with van der Waals surface area (Å²) in [7, 11) is 0. The molecule has 1 aliphatic rings. The van der Waals surface area contributed by atoms with Gasteiger partial charge in [-0.05, 0) is 38.0 Å². The molecule has 0 amide bonds. The topological polar surface area (TPSA) is 12.0 Å². The highest BCUT2D eigenvalue weighted by atomic mass is 14.9. The van der Waals surface area contributed by atoms with Gasteiger partial charge in [-0.15, -0.1) is 6.58 Å². The van der Waals surface area contributed by atoms with E-state index < -0.39 is 0 Å². The molecule has 1 fully saturated rings. The molecule has 1 rings (SSSR count). The van der Waals surface area contributed by atoms with Gasteiger partial charge in [0, 0.05) is 12.1 Å². The zero-order chi connectivity index (χ0) is 11.3. The van der Waals surface area contributed by atoms with Crippen LogP contribution < -0.4 is 5.32 Å². The molecule has 3 unspecified atom stereocenters. The van der Waals surface area contributed by atoms with Gasteiger partial charge in [-0.3, -0.25) is 0 Å². The Hall–Kier alpha value is -0.300. The van der Waals surface area contributed by atoms with E-state index in [-0.39, 0.29) is 0 Å². The molecule has 0 aliphatic heterocycles. The van der Waals surface area contributed by atoms with Crippen molar-refractivity contribution in [2.75, 3.05) is 0 Å². The van der Waals surface area contributed by atoms with Gasteiger partial charge in [-0.25, -0.2) is 0 Å². The average Bonchev–Trinajstić information content (AvgIpc) is 2.18. The quantitative estimate of drug-likeness (QED) is 0.680. The van der Waals surface area contributed by atoms with Gasteiger partial charge in [0.05, 0.1) is 0 Å². The fourth-order valence-corrected chi connectivity index (χ4v) is 2.70. The molecule has 1 N–H and O–H groups in total. The second-order valence-corrected chi connectivity index (χ2v) is 5.46. The molecule has 0 heterocycles. The summed E-state index contributed by atoms with van der Waals surface area (Å²) in [4.78, 5) is 0. The van der Waals surface area contributed by atoms with E-state index in [0.717, 1.165) is 24.3 Å². The minimum atomic E-state index is 0.596. The number of rotatable bonds is 5. The third kappa shape index (κ3) is 4.38. The van der Waals surface area contributed by atoms with Crippen LogP contribution in [-0.4, -0.2) is 12.1 Å². The largest absolute Gasteiger partial charge is 0.311 e. The zero-order valence-corrected chi connectivity index (χ0v) is 10.6. The van der Waals surface area contributed by atoms with Crippen LogP contribution in [0.15, 0.2) is 12.7 Å². The highest BCUT2D eigenvalue weighted by Gasteiger charge is 2.24. The van der Waals surface area contributed by atoms with Crippen molar-refractivity contribution in [3.63, 3.8) is 0 Å². The van der Waals surface area contributed by atoms with Crippen LogP contribution in [0.5, 0.6) is 0 Å². The van der Waals surface area contributed by atoms with Crippen molar-refractivity contribution in [3.8, 4) is 0 Å². The second-order valence-electron chi connectivity index (χ2n) is 5.46. The highest BCUT2D eigenvalue weighted by Crippen LogP contribution is 2.30. The summed E-state index contributed by atoms with van der Waals surface area (Å²) >= 11 is 0. The predicted octanol–water partition coefficient (Wildman–Crippen LogP) is 3.76. The Labute approximate surface area is 95.3 Å². The maximum atomic E-state index is 3.80. The molecule has 0 aromatic rings. The lowest BCUT2D eigenvalue weighted by Crippen LogP contribution is -2.40. The summed E-state index contributed by atoms with van der Waals surface area (Å²) in [6.07, 6.45) is 8.68. The van der Waals surface area contributed by atoms with Gasteiger partial charge in [-0.1, -0.05) is 32.8 Å². The van der Waals surface area contributed by atoms with Crippen LogP contribution in [0.4, 0.5) is 0 Å². The number of nitrogens with one attached hydrogen (secondary N) is 1. The van der Waals surface area contributed by atoms with E-state index in [9.17, 15) is 0 Å². The number of hydrogen-bond acceptors (Lipinski definition) is 1. The lowest BCUT2D eigenvalue weighted by molar-refractivity contribution is 0.222. The lowest BCUT2D eigenvalue weighted by Gasteiger charge is -2.33. The van der Waals surface area contributed by atoms with E-state index in [1.165, 1.54) is 25.7 Å². The Kier molecular flexibility index (Phi) is 5.38. The molecule has 3 atom stereocenters. The summed E-state index contributed by atoms with van der Waals surface area (Å²) in [5.41, 5.74) is 0. The minimum Gasteiger partial charge on any atom is -0.311 e. The highest BCUT2D eigenvalue weighted by molar-refractivity contribution is 4.83. The first kappa shape index (κ1) is 12.8. The van der Waals surface area contributed by atoms with Crippen molar-refractivity contribution in [3.05, 3.63) is 12.7 Å². The van der Waals surface area contributed by atoms with Crippen molar-refractivity contribution in [2.45, 2.75) is 65.0 Å². The maximum absolute atomic E-state index is 3.80. The lowest BCUT2D eigenvalue weighted by atomic mass is 9.79. The molecule has 1 nitrogen and oxygen atoms in total. The molecule has 0 saturated heterocycles. The molecule has 0 radical (unpaired) electrons. The van der Waals surface area contributed by atoms with Crippen LogP contribution in [0.1, 0.15) is 52.9 Å². The molecule has 0 aromatic heterocycles. The van der Waals surface area contributed by atoms with Gasteiger partial charge in [0.15, 0.2) is 0 Å². The predicted molar refractivity (Wildman–Crippen MR) is 68.0 cm³/mol. The molecular weight excluding hydrogens is 182 g/mol. The molecule has 1 saturated carbocycles. The third-order valence-corrected chi connectivity index (χ3v) is 3.70. The SMILES string of the molecule is C=CCC(C)NC1CCCC(C(C)C)C1. The zero-order valence-electron chi connectivity index (χ0n) is 10.6. The second kappa shape index (κ2) is 6.32. The van der Waals surface area contributed by atoms with Gasteiger partial charge >= 0.3 is 0 Å². The van der Waals surface area contributed by atoms with Gasteiger partial charge in [0.2, 0.25) is 0 Å². The Bertz CT molecular complexity index is 186. The molecule has 1 heteroatoms. The molecule has 15 heavy (non-hydrogen) atoms. The molecule has 0 spiro atoms. The standard InChI is InChI=1S/C14H27N/c1-5-7-12(4)15-14-9-6-8-13(10-14)11(2)3/h5,11-15H,1,6-10H2,2-4H3. The van der Waals surface area contributed by atoms with Crippen molar-refractivity contribution in [2.24, 2.45) is 11.8 Å². The third-order valence-electron chi connectivity index (χ3n) is 3.70. The average molecular weight is 209 g/mol. The van der Waals surface area contributed by atoms with Gasteiger partial charge in [0.25, 0.3) is 0 Å². The monoisotopic (exact) mass is 209 g/mol. The summed E-state index contributed by atoms with van der Waals surface area (Å²) in [5, 5.41) is 3.73. The van der Waals surface area contributed by atoms with E-state index >= 15 is 0 Å². The van der Waals surface area contributed by atoms with Crippen LogP contribution >= 0.6 is 0 Å². The molecule has 88 valence electrons. The maximum Gasteiger partial charge on any atom is 0.00757 e. The molecule has 0 bridgehead atoms. The first-order valence-corrected chi connectivity index (χ1v) is 6.50. The molecule has 0 aromatic carbocycles. The smallest absolute Gasteiger partial charge is 0.00757 e. The first-order chi connectivity index (χ1) is 7.13. The van der Waals surface area contributed by atoms with Crippen LogP contribution in [-0.2, 0) is 0 Å². The van der Waals surface area contributed by atoms with Crippen molar-refractivity contribution < 1.29 is 0 Å². The van der Waals surface area contributed by atoms with E-state index in [4.69, 9.17) is 0 Å². The Morgan fingerprint density at radius 2 is 2.07 bits per heavy atom. The normalized spacial score (nSPS) is 29.1. The van der Waals surface area contributed by atoms with Crippen LogP contribution in [0.25, 0.3) is 0 Å². The summed E-state index contributed by atoms with van der Waals surface area (Å²) in [6.45, 7) is 10.8. The Morgan fingerprint density at radius 1 is 1.33 bits per heavy atom. The van der Waals surface area contributed by atoms with E-state index in [2.05, 4.69) is 32.7 Å². The van der Waals surface area contributed by atoms with Gasteiger partial charge in [0.1, 0.15) is 0 Å². The summed E-state index contributed by atoms with van der Waals surface area (Å²) in [6, 6.07) is 1.35. The Morgan fingerprint density at radius 3 is 2.67 bits per heavy atom. The Balaban J connectivity index is 2.32. The van der Waals surface area contributed by atoms with E-state index in [1.807, 2.05) is 6.08 Å². The van der Waals surface area contributed by atoms with E-state index in [1.54, 1.807) is 0 Å². The fraction of sp³-hybridized carbons (Fsp3) is 0.857. The van der Waals surface area contributed by atoms with Crippen molar-refractivity contribution in [1.82, 2.24) is 5.32 Å². The molecule has 1 aliphatic carbocycles. The summed E-state index contributed by atoms with van der Waals surface area (Å²) in [5.74, 6) is 1.79. The van der Waals surface area contributed by atoms with Crippen LogP contribution in [0.2, 0.25) is 0 Å². The van der Waals surface area contributed by atoms with E-state index in [0.29, 0.717) is 6.04 Å². The summed E-state index contributed by atoms with van der Waals surface area (Å²) < 4.78 is 0. The number of hydrogen-bond donors (Lipinski definition) is 1. The molecular formula is C14H27N. The van der Waals surface area contributed by atoms with Crippen LogP contribution in [0.3, 0.4) is 0 Å². The first-order valence-electron chi connectivity index (χ1n) is 6.50. The fourth-order valence-electron chi connectivity index (χ4n) is 2.70. The van der Waals surface area contributed by atoms with Crippen LogP contribution in [0, 0.1) is 11.8 Å². The van der Waals surface area contributed by atoms with Gasteiger partial charge in [-0.2, -0.15) is 0 Å². The van der Waals surface area contributed by atoms with Crippen molar-refractivity contribution in [1.29, 1.82) is 0 Å². The minimum absolute atomic E-state index is 0.596.